The maximum absolute atomic E-state index is 12.7. The second-order valence-electron chi connectivity index (χ2n) is 5.69. The maximum atomic E-state index is 12.7. The molecule has 1 aliphatic rings. The number of rotatable bonds is 4. The molecule has 2 aromatic heterocycles. The number of aliphatic hydroxyl groups is 1. The Morgan fingerprint density at radius 1 is 1.26 bits per heavy atom. The van der Waals surface area contributed by atoms with E-state index in [9.17, 15) is 13.9 Å². The number of nitrogens with zero attached hydrogens (tertiary/aromatic N) is 3. The summed E-state index contributed by atoms with van der Waals surface area (Å²) < 4.78 is 26.0. The summed E-state index contributed by atoms with van der Waals surface area (Å²) in [7, 11) is 0. The minimum atomic E-state index is -2.68. The lowest BCUT2D eigenvalue weighted by Gasteiger charge is -2.27. The Balaban J connectivity index is 1.85. The van der Waals surface area contributed by atoms with Gasteiger partial charge < -0.3 is 10.4 Å². The number of hydrogen-bond acceptors (Lipinski definition) is 4. The smallest absolute Gasteiger partial charge is 0.333 e. The van der Waals surface area contributed by atoms with Crippen LogP contribution in [0.25, 0.3) is 11.1 Å². The molecule has 2 aromatic rings. The molecule has 124 valence electrons. The summed E-state index contributed by atoms with van der Waals surface area (Å²) in [4.78, 5) is 4.04. The summed E-state index contributed by atoms with van der Waals surface area (Å²) >= 11 is 5.97. The molecule has 1 aliphatic carbocycles. The highest BCUT2D eigenvalue weighted by Gasteiger charge is 2.21. The van der Waals surface area contributed by atoms with Crippen molar-refractivity contribution in [1.29, 1.82) is 0 Å². The Kier molecular flexibility index (Phi) is 4.77. The van der Waals surface area contributed by atoms with E-state index < -0.39 is 6.55 Å². The number of aliphatic hydroxyl groups excluding tert-OH is 1. The Hall–Kier alpha value is -1.73. The number of aromatic nitrogens is 3. The number of pyridine rings is 1. The lowest BCUT2D eigenvalue weighted by Crippen LogP contribution is -2.28. The van der Waals surface area contributed by atoms with Crippen molar-refractivity contribution in [3.8, 4) is 11.1 Å². The standard InChI is InChI=1S/C15H17ClF2N4O/c16-14-5-13(21-10-1-3-11(23)4-2-10)12(7-19-14)9-6-20-22(8-9)15(17)18/h5-8,10-11,15,23H,1-4H2,(H,19,21). The summed E-state index contributed by atoms with van der Waals surface area (Å²) in [6, 6.07) is 1.89. The van der Waals surface area contributed by atoms with Crippen molar-refractivity contribution in [1.82, 2.24) is 14.8 Å². The van der Waals surface area contributed by atoms with E-state index in [1.54, 1.807) is 12.3 Å². The molecule has 0 radical (unpaired) electrons. The molecule has 0 amide bonds. The summed E-state index contributed by atoms with van der Waals surface area (Å²) in [6.07, 6.45) is 7.16. The van der Waals surface area contributed by atoms with Crippen molar-refractivity contribution in [2.24, 2.45) is 0 Å². The van der Waals surface area contributed by atoms with E-state index in [0.29, 0.717) is 21.0 Å². The fourth-order valence-electron chi connectivity index (χ4n) is 2.80. The zero-order chi connectivity index (χ0) is 16.4. The van der Waals surface area contributed by atoms with Crippen molar-refractivity contribution in [3.63, 3.8) is 0 Å². The van der Waals surface area contributed by atoms with Crippen LogP contribution in [0.4, 0.5) is 14.5 Å². The van der Waals surface area contributed by atoms with E-state index in [1.165, 1.54) is 12.4 Å². The fourth-order valence-corrected chi connectivity index (χ4v) is 2.96. The van der Waals surface area contributed by atoms with Crippen LogP contribution < -0.4 is 5.32 Å². The number of hydrogen-bond donors (Lipinski definition) is 2. The van der Waals surface area contributed by atoms with Gasteiger partial charge in [0.2, 0.25) is 0 Å². The van der Waals surface area contributed by atoms with E-state index in [-0.39, 0.29) is 12.1 Å². The molecule has 2 N–H and O–H groups in total. The van der Waals surface area contributed by atoms with Crippen LogP contribution in [0.2, 0.25) is 5.15 Å². The second kappa shape index (κ2) is 6.80. The summed E-state index contributed by atoms with van der Waals surface area (Å²) in [5.41, 5.74) is 1.96. The lowest BCUT2D eigenvalue weighted by atomic mass is 9.92. The first-order valence-electron chi connectivity index (χ1n) is 7.46. The Labute approximate surface area is 137 Å². The third-order valence-electron chi connectivity index (χ3n) is 4.04. The molecular formula is C15H17ClF2N4O. The van der Waals surface area contributed by atoms with Crippen molar-refractivity contribution in [2.75, 3.05) is 5.32 Å². The monoisotopic (exact) mass is 342 g/mol. The predicted molar refractivity (Wildman–Crippen MR) is 83.6 cm³/mol. The van der Waals surface area contributed by atoms with Crippen molar-refractivity contribution in [3.05, 3.63) is 29.8 Å². The van der Waals surface area contributed by atoms with Crippen LogP contribution in [0.5, 0.6) is 0 Å². The molecular weight excluding hydrogens is 326 g/mol. The first kappa shape index (κ1) is 16.1. The number of anilines is 1. The minimum Gasteiger partial charge on any atom is -0.393 e. The fraction of sp³-hybridized carbons (Fsp3) is 0.467. The van der Waals surface area contributed by atoms with Gasteiger partial charge in [-0.1, -0.05) is 11.6 Å². The van der Waals surface area contributed by atoms with E-state index >= 15 is 0 Å². The predicted octanol–water partition coefficient (Wildman–Crippen LogP) is 3.71. The van der Waals surface area contributed by atoms with Crippen LogP contribution in [0.3, 0.4) is 0 Å². The Morgan fingerprint density at radius 3 is 2.65 bits per heavy atom. The van der Waals surface area contributed by atoms with Gasteiger partial charge in [-0.25, -0.2) is 9.67 Å². The van der Waals surface area contributed by atoms with Gasteiger partial charge in [0.15, 0.2) is 0 Å². The van der Waals surface area contributed by atoms with Crippen LogP contribution >= 0.6 is 11.6 Å². The zero-order valence-electron chi connectivity index (χ0n) is 12.3. The first-order valence-corrected chi connectivity index (χ1v) is 7.83. The molecule has 0 unspecified atom stereocenters. The van der Waals surface area contributed by atoms with Crippen molar-refractivity contribution in [2.45, 2.75) is 44.4 Å². The molecule has 2 heterocycles. The van der Waals surface area contributed by atoms with Gasteiger partial charge in [-0.15, -0.1) is 0 Å². The van der Waals surface area contributed by atoms with Crippen molar-refractivity contribution < 1.29 is 13.9 Å². The topological polar surface area (TPSA) is 63.0 Å². The highest BCUT2D eigenvalue weighted by molar-refractivity contribution is 6.29. The van der Waals surface area contributed by atoms with Crippen LogP contribution in [-0.4, -0.2) is 32.0 Å². The lowest BCUT2D eigenvalue weighted by molar-refractivity contribution is 0.0566. The molecule has 1 saturated carbocycles. The molecule has 23 heavy (non-hydrogen) atoms. The molecule has 5 nitrogen and oxygen atoms in total. The first-order chi connectivity index (χ1) is 11.0. The number of alkyl halides is 2. The van der Waals surface area contributed by atoms with E-state index in [1.807, 2.05) is 0 Å². The van der Waals surface area contributed by atoms with E-state index in [0.717, 1.165) is 31.4 Å². The van der Waals surface area contributed by atoms with E-state index in [4.69, 9.17) is 11.6 Å². The molecule has 0 aromatic carbocycles. The van der Waals surface area contributed by atoms with Gasteiger partial charge in [-0.05, 0) is 31.7 Å². The van der Waals surface area contributed by atoms with Gasteiger partial charge in [0, 0.05) is 35.2 Å². The number of nitrogens with one attached hydrogen (secondary N) is 1. The van der Waals surface area contributed by atoms with E-state index in [2.05, 4.69) is 15.4 Å². The molecule has 0 bridgehead atoms. The Bertz CT molecular complexity index is 671. The van der Waals surface area contributed by atoms with Gasteiger partial charge in [-0.3, -0.25) is 0 Å². The molecule has 8 heteroatoms. The van der Waals surface area contributed by atoms with Crippen LogP contribution in [0, 0.1) is 0 Å². The Morgan fingerprint density at radius 2 is 2.00 bits per heavy atom. The van der Waals surface area contributed by atoms with Gasteiger partial charge >= 0.3 is 6.55 Å². The van der Waals surface area contributed by atoms with Gasteiger partial charge in [0.05, 0.1) is 12.3 Å². The summed E-state index contributed by atoms with van der Waals surface area (Å²) in [5, 5.41) is 17.0. The third kappa shape index (κ3) is 3.79. The summed E-state index contributed by atoms with van der Waals surface area (Å²) in [5.74, 6) is 0. The zero-order valence-corrected chi connectivity index (χ0v) is 13.0. The highest BCUT2D eigenvalue weighted by atomic mass is 35.5. The van der Waals surface area contributed by atoms with Gasteiger partial charge in [-0.2, -0.15) is 13.9 Å². The quantitative estimate of drug-likeness (QED) is 0.831. The normalized spacial score (nSPS) is 21.6. The highest BCUT2D eigenvalue weighted by Crippen LogP contribution is 2.32. The molecule has 0 spiro atoms. The minimum absolute atomic E-state index is 0.209. The SMILES string of the molecule is OC1CCC(Nc2cc(Cl)ncc2-c2cnn(C(F)F)c2)CC1. The average molecular weight is 343 g/mol. The molecule has 0 aliphatic heterocycles. The molecule has 0 saturated heterocycles. The largest absolute Gasteiger partial charge is 0.393 e. The maximum Gasteiger partial charge on any atom is 0.333 e. The van der Waals surface area contributed by atoms with Crippen LogP contribution in [-0.2, 0) is 0 Å². The van der Waals surface area contributed by atoms with Gasteiger partial charge in [0.25, 0.3) is 0 Å². The second-order valence-corrected chi connectivity index (χ2v) is 6.08. The summed E-state index contributed by atoms with van der Waals surface area (Å²) in [6.45, 7) is -2.68. The van der Waals surface area contributed by atoms with Crippen LogP contribution in [0.15, 0.2) is 24.7 Å². The molecule has 1 fully saturated rings. The average Bonchev–Trinajstić information content (AvgIpc) is 3.00. The van der Waals surface area contributed by atoms with Crippen LogP contribution in [0.1, 0.15) is 32.2 Å². The third-order valence-corrected chi connectivity index (χ3v) is 4.25. The van der Waals surface area contributed by atoms with Gasteiger partial charge in [0.1, 0.15) is 5.15 Å². The van der Waals surface area contributed by atoms with Crippen molar-refractivity contribution >= 4 is 17.3 Å². The molecule has 3 rings (SSSR count). The number of halogens is 3. The molecule has 0 atom stereocenters.